The van der Waals surface area contributed by atoms with E-state index < -0.39 is 122 Å². The van der Waals surface area contributed by atoms with E-state index in [-0.39, 0.29) is 90.0 Å². The van der Waals surface area contributed by atoms with Gasteiger partial charge in [0.15, 0.2) is 23.8 Å². The molecular weight excluding hydrogens is 1050 g/mol. The fourth-order valence-electron chi connectivity index (χ4n) is 5.32. The molecule has 2 unspecified atom stereocenters. The fourth-order valence-corrected chi connectivity index (χ4v) is 5.32. The van der Waals surface area contributed by atoms with Gasteiger partial charge in [0.05, 0.1) is 40.3 Å². The summed E-state index contributed by atoms with van der Waals surface area (Å²) < 4.78 is 8.54. The molecule has 0 aromatic rings. The molecule has 10 atom stereocenters. The van der Waals surface area contributed by atoms with Crippen LogP contribution in [0.4, 0.5) is 0 Å². The fraction of sp³-hybridized carbons (Fsp3) is 0.826. The maximum absolute atomic E-state index is 12.0. The number of ether oxygens (including phenoxy) is 2. The summed E-state index contributed by atoms with van der Waals surface area (Å²) in [6, 6.07) is 0. The van der Waals surface area contributed by atoms with Crippen LogP contribution in [0.25, 0.3) is 0 Å². The Balaban J connectivity index is -0.000000127. The summed E-state index contributed by atoms with van der Waals surface area (Å²) in [5.74, 6) is -4.44. The number of halogens is 2. The summed E-state index contributed by atoms with van der Waals surface area (Å²) in [5.41, 5.74) is 7.66. The Hall–Kier alpha value is -2.74. The van der Waals surface area contributed by atoms with E-state index in [9.17, 15) is 79.2 Å². The third kappa shape index (κ3) is 44.9. The Labute approximate surface area is 477 Å². The number of Topliss-reactive ketones (excluding diaryl/α,β-unsaturated/α-hetero) is 2. The largest absolute Gasteiger partial charge is 1.00 e. The zero-order chi connectivity index (χ0) is 55.1. The van der Waals surface area contributed by atoms with Crippen molar-refractivity contribution in [1.82, 2.24) is 21.3 Å². The number of aliphatic hydroxyl groups excluding tert-OH is 8. The number of methoxy groups -OCH3 is 2. The molecule has 0 heterocycles. The average molecular weight is 1150 g/mol. The van der Waals surface area contributed by atoms with E-state index >= 15 is 0 Å². The molecule has 4 amide bonds. The molecule has 0 rings (SSSR count). The van der Waals surface area contributed by atoms with E-state index in [4.69, 9.17) is 0 Å². The van der Waals surface area contributed by atoms with Crippen molar-refractivity contribution in [3.05, 3.63) is 0 Å². The van der Waals surface area contributed by atoms with E-state index in [2.05, 4.69) is 64.6 Å². The van der Waals surface area contributed by atoms with Crippen LogP contribution in [-0.2, 0) is 47.8 Å². The molecule has 0 aliphatic rings. The second-order valence-electron chi connectivity index (χ2n) is 16.8. The molecule has 0 fully saturated rings. The van der Waals surface area contributed by atoms with E-state index in [0.29, 0.717) is 13.1 Å². The van der Waals surface area contributed by atoms with Crippen molar-refractivity contribution in [2.75, 3.05) is 53.5 Å². The Morgan fingerprint density at radius 3 is 1.05 bits per heavy atom. The Bertz CT molecular complexity index is 1380. The average Bonchev–Trinajstić information content (AvgIpc) is 3.37. The van der Waals surface area contributed by atoms with Crippen molar-refractivity contribution in [2.24, 2.45) is 23.7 Å². The molecule has 21 N–H and O–H groups in total. The number of carbonyl (C=O) groups excluding carboxylic acids is 8. The van der Waals surface area contributed by atoms with Gasteiger partial charge in [-0.2, -0.15) is 0 Å². The zero-order valence-corrected chi connectivity index (χ0v) is 49.5. The normalized spacial score (nSPS) is 14.1. The molecule has 0 saturated carbocycles. The maximum atomic E-state index is 12.0. The Morgan fingerprint density at radius 1 is 0.453 bits per heavy atom. The molecule has 0 aliphatic heterocycles. The van der Waals surface area contributed by atoms with Crippen molar-refractivity contribution in [3.8, 4) is 0 Å². The molecule has 0 aromatic heterocycles. The molecule has 26 nitrogen and oxygen atoms in total. The van der Waals surface area contributed by atoms with Crippen LogP contribution in [0.1, 0.15) is 120 Å². The number of esters is 2. The van der Waals surface area contributed by atoms with Crippen molar-refractivity contribution in [3.63, 3.8) is 0 Å². The third-order valence-electron chi connectivity index (χ3n) is 11.5. The molecule has 75 heavy (non-hydrogen) atoms. The number of hydrogen-bond acceptors (Lipinski definition) is 19. The number of rotatable bonds is 32. The first kappa shape index (κ1) is 91.7. The number of amides is 4. The molecule has 0 spiro atoms. The van der Waals surface area contributed by atoms with Crippen LogP contribution in [0.3, 0.4) is 0 Å². The molecule has 0 aromatic carbocycles. The van der Waals surface area contributed by atoms with Crippen LogP contribution in [0.5, 0.6) is 0 Å². The molecule has 0 saturated heterocycles. The minimum Gasteiger partial charge on any atom is -1.00 e. The van der Waals surface area contributed by atoms with Crippen LogP contribution in [0.2, 0.25) is 0 Å². The van der Waals surface area contributed by atoms with E-state index in [1.165, 1.54) is 25.7 Å². The second kappa shape index (κ2) is 56.0. The van der Waals surface area contributed by atoms with Crippen LogP contribution in [0, 0.1) is 23.7 Å². The van der Waals surface area contributed by atoms with Crippen molar-refractivity contribution in [2.45, 2.75) is 168 Å². The van der Waals surface area contributed by atoms with Gasteiger partial charge in [0.1, 0.15) is 43.2 Å². The molecule has 0 aliphatic carbocycles. The molecular formula is C46H95Cl2N6NaO20. The van der Waals surface area contributed by atoms with E-state index in [1.54, 1.807) is 0 Å². The number of carbonyl (C=O) groups is 8. The predicted octanol–water partition coefficient (Wildman–Crippen LogP) is -14.2. The van der Waals surface area contributed by atoms with Crippen LogP contribution in [-0.4, -0.2) is 201 Å². The minimum absolute atomic E-state index is 0. The van der Waals surface area contributed by atoms with Gasteiger partial charge in [-0.05, 0) is 37.5 Å². The van der Waals surface area contributed by atoms with Gasteiger partial charge < -0.3 is 119 Å². The molecule has 29 heteroatoms. The summed E-state index contributed by atoms with van der Waals surface area (Å²) in [6.07, 6.45) is -11.9. The van der Waals surface area contributed by atoms with Crippen LogP contribution < -0.4 is 87.1 Å². The van der Waals surface area contributed by atoms with Crippen LogP contribution in [0.15, 0.2) is 0 Å². The minimum atomic E-state index is -2.22. The first-order valence-electron chi connectivity index (χ1n) is 24.1. The van der Waals surface area contributed by atoms with Gasteiger partial charge in [-0.25, -0.2) is 0 Å². The van der Waals surface area contributed by atoms with Crippen molar-refractivity contribution < 1.29 is 165 Å². The molecule has 0 radical (unpaired) electrons. The Kier molecular flexibility index (Phi) is 68.5. The van der Waals surface area contributed by atoms with Gasteiger partial charge in [-0.1, -0.05) is 68.2 Å². The van der Waals surface area contributed by atoms with Gasteiger partial charge in [-0.15, -0.1) is 0 Å². The van der Waals surface area contributed by atoms with E-state index in [0.717, 1.165) is 52.0 Å². The standard InChI is InChI=1S/C21H39N3O8.C13H21NO10.2C6H15N.2ClH.Na.2H2O/c1-5-12(3)9-22-15(26)8-7-14(25)17(28)18(29)19(30)20(31)21(32)24-11-16(27)23-10-13(4)6-2;1-23-7(16)4-3-6(15)9(18)10(19)11(20)12(21)13(22)14-5-8(17)24-2;2*1-3-6(4-2)5-7;;;;;/h12-13,17-20,28-31H,5-11H2,1-4H3,(H,22,26)(H,23,27)(H,24,32);9-12,18-21H,3-5H2,1-2H3,(H,14,22);2*6H,3-5,7H2,1-2H3;2*1H;;2*1H2/q;;;;;;+1;;/p-1/t12?,13?,17-,18-,19+,20-;9-,10-,11+,12-;;;;;;;/m11......./s1. The SMILES string of the molecule is CCC(C)CNC(=O)CCC(=O)[C@@H](O)[C@@H](O)[C@H](O)[C@@H](O)C(=O)NCC(=O)NCC(C)CC.CCC(CC)C[NH3+].CCC(CC)C[NH3+].COC(=O)CCC(=O)[C@@H](O)[C@@H](O)[C@H](O)[C@@H](O)C(=O)NCC(=O)OC.O.[Cl-].[Cl-].[Na+].[OH-]. The molecule has 444 valence electrons. The monoisotopic (exact) mass is 1140 g/mol. The van der Waals surface area contributed by atoms with Gasteiger partial charge in [0.2, 0.25) is 11.8 Å². The summed E-state index contributed by atoms with van der Waals surface area (Å²) >= 11 is 0. The third-order valence-corrected chi connectivity index (χ3v) is 11.5. The van der Waals surface area contributed by atoms with Crippen molar-refractivity contribution >= 4 is 47.1 Å². The number of ketones is 2. The number of quaternary nitrogens is 2. The summed E-state index contributed by atoms with van der Waals surface area (Å²) in [5, 5.41) is 87.4. The van der Waals surface area contributed by atoms with Crippen LogP contribution >= 0.6 is 0 Å². The predicted molar refractivity (Wildman–Crippen MR) is 261 cm³/mol. The number of hydrogen-bond donors (Lipinski definition) is 14. The molecule has 0 bridgehead atoms. The summed E-state index contributed by atoms with van der Waals surface area (Å²) in [7, 11) is 2.17. The van der Waals surface area contributed by atoms with Gasteiger partial charge in [-0.3, -0.25) is 38.4 Å². The van der Waals surface area contributed by atoms with Gasteiger partial charge in [0.25, 0.3) is 11.8 Å². The maximum Gasteiger partial charge on any atom is 1.00 e. The van der Waals surface area contributed by atoms with Crippen molar-refractivity contribution in [1.29, 1.82) is 0 Å². The second-order valence-corrected chi connectivity index (χ2v) is 16.8. The first-order valence-corrected chi connectivity index (χ1v) is 24.1. The van der Waals surface area contributed by atoms with E-state index in [1.807, 2.05) is 33.0 Å². The first-order chi connectivity index (χ1) is 32.8. The van der Waals surface area contributed by atoms with Gasteiger partial charge in [0, 0.05) is 44.2 Å². The smallest absolute Gasteiger partial charge is 1.00 e. The summed E-state index contributed by atoms with van der Waals surface area (Å²) in [6.45, 7) is 18.7. The topological polar surface area (TPSA) is 482 Å². The number of aliphatic hydroxyl groups is 8. The zero-order valence-electron chi connectivity index (χ0n) is 46.0. The number of nitrogens with one attached hydrogen (secondary N) is 4. The Morgan fingerprint density at radius 2 is 0.760 bits per heavy atom. The summed E-state index contributed by atoms with van der Waals surface area (Å²) in [4.78, 5) is 92.1. The quantitative estimate of drug-likeness (QED) is 0.0220. The van der Waals surface area contributed by atoms with Gasteiger partial charge >= 0.3 is 41.5 Å².